The molecule has 6 N–H and O–H groups in total. The lowest BCUT2D eigenvalue weighted by Crippen LogP contribution is -2.72. The molecule has 19 nitrogen and oxygen atoms in total. The van der Waals surface area contributed by atoms with Crippen molar-refractivity contribution in [1.82, 2.24) is 5.32 Å². The number of benzene rings is 2. The van der Waals surface area contributed by atoms with Crippen LogP contribution in [0.15, 0.2) is 76.9 Å². The molecule has 3 aliphatic carbocycles. The van der Waals surface area contributed by atoms with Gasteiger partial charge in [-0.2, -0.15) is 0 Å². The molecule has 1 spiro atoms. The number of carbonyl (C=O) groups is 5. The third-order valence-electron chi connectivity index (χ3n) is 15.3. The van der Waals surface area contributed by atoms with Gasteiger partial charge in [0.25, 0.3) is 5.91 Å². The van der Waals surface area contributed by atoms with Crippen LogP contribution in [0, 0.1) is 11.8 Å². The van der Waals surface area contributed by atoms with Gasteiger partial charge < -0.3 is 68.7 Å². The Morgan fingerprint density at radius 3 is 2.27 bits per heavy atom. The molecule has 2 aromatic carbocycles. The van der Waals surface area contributed by atoms with Crippen molar-refractivity contribution in [3.8, 4) is 23.0 Å². The molecule has 2 aromatic rings. The van der Waals surface area contributed by atoms with Crippen LogP contribution in [-0.2, 0) is 39.8 Å². The summed E-state index contributed by atoms with van der Waals surface area (Å²) in [5.41, 5.74) is -2.26. The predicted molar refractivity (Wildman–Crippen MR) is 277 cm³/mol. The number of hydrogen-bond acceptors (Lipinski definition) is 18. The third-order valence-corrected chi connectivity index (χ3v) is 15.3. The fourth-order valence-electron chi connectivity index (χ4n) is 11.2. The summed E-state index contributed by atoms with van der Waals surface area (Å²) < 4.78 is 49.6. The second-order valence-electron chi connectivity index (χ2n) is 21.9. The van der Waals surface area contributed by atoms with E-state index in [1.807, 2.05) is 60.6 Å². The van der Waals surface area contributed by atoms with Crippen molar-refractivity contribution in [2.45, 2.75) is 154 Å². The molecule has 1 saturated carbocycles. The molecule has 19 heteroatoms. The number of esters is 2. The lowest BCUT2D eigenvalue weighted by atomic mass is 9.51. The second kappa shape index (κ2) is 22.4. The number of rotatable bonds is 20. The van der Waals surface area contributed by atoms with E-state index in [4.69, 9.17) is 43.0 Å². The highest BCUT2D eigenvalue weighted by Crippen LogP contribution is 2.69. The monoisotopic (exact) mass is 1070 g/mol. The number of hydrogen-bond donors (Lipinski definition) is 6. The lowest BCUT2D eigenvalue weighted by Gasteiger charge is -2.56. The third kappa shape index (κ3) is 10.7. The first-order valence-electron chi connectivity index (χ1n) is 26.1. The number of amides is 1. The Morgan fingerprint density at radius 2 is 1.60 bits per heavy atom. The lowest BCUT2D eigenvalue weighted by molar-refractivity contribution is -0.277. The van der Waals surface area contributed by atoms with Gasteiger partial charge in [-0.05, 0) is 124 Å². The number of ether oxygens (including phenoxy) is 8. The smallest absolute Gasteiger partial charge is 0.333 e. The van der Waals surface area contributed by atoms with E-state index in [1.54, 1.807) is 25.2 Å². The van der Waals surface area contributed by atoms with Crippen LogP contribution in [0.5, 0.6) is 23.0 Å². The number of ketones is 2. The summed E-state index contributed by atoms with van der Waals surface area (Å²) in [6.45, 7) is 15.8. The predicted octanol–water partition coefficient (Wildman–Crippen LogP) is 4.90. The van der Waals surface area contributed by atoms with Gasteiger partial charge in [0.1, 0.15) is 65.5 Å². The molecule has 0 radical (unpaired) electrons. The topological polar surface area (TPSA) is 272 Å². The highest BCUT2D eigenvalue weighted by molar-refractivity contribution is 6.19. The van der Waals surface area contributed by atoms with Gasteiger partial charge in [-0.3, -0.25) is 14.4 Å². The molecule has 6 unspecified atom stereocenters. The molecule has 416 valence electrons. The van der Waals surface area contributed by atoms with Crippen molar-refractivity contribution in [3.63, 3.8) is 0 Å². The summed E-state index contributed by atoms with van der Waals surface area (Å²) in [5.74, 6) is -4.19. The van der Waals surface area contributed by atoms with Crippen molar-refractivity contribution < 1.29 is 87.4 Å². The normalized spacial score (nSPS) is 29.6. The quantitative estimate of drug-likeness (QED) is 0.0338. The maximum Gasteiger partial charge on any atom is 0.333 e. The summed E-state index contributed by atoms with van der Waals surface area (Å²) in [5, 5.41) is 52.1. The van der Waals surface area contributed by atoms with E-state index in [9.17, 15) is 34.8 Å². The molecule has 4 bridgehead atoms. The number of aliphatic hydroxyl groups is 5. The first-order chi connectivity index (χ1) is 36.4. The van der Waals surface area contributed by atoms with Crippen LogP contribution in [0.1, 0.15) is 120 Å². The zero-order valence-corrected chi connectivity index (χ0v) is 45.0. The van der Waals surface area contributed by atoms with Crippen molar-refractivity contribution >= 4 is 35.5 Å². The molecular weight excluding hydrogens is 999 g/mol. The van der Waals surface area contributed by atoms with Crippen LogP contribution >= 0.6 is 0 Å². The molecule has 0 aromatic heterocycles. The Balaban J connectivity index is 1.17. The van der Waals surface area contributed by atoms with Crippen molar-refractivity contribution in [3.05, 3.63) is 99.2 Å². The number of allylic oxidation sites excluding steroid dienone is 5. The van der Waals surface area contributed by atoms with E-state index < -0.39 is 101 Å². The Bertz CT molecular complexity index is 2820. The zero-order valence-electron chi connectivity index (χ0n) is 45.0. The SMILES string of the molecule is CC(C)=CCCC1(C)C=Cc2c(c(CC=C(C)C)c3c(c2OC(=O)C(C)NC(=O)c2ccc(O[C@@H]4O[C@H](CO)[C@@H](O)[C@@H](O)[C@H]4O)cc2)C(=O)C2=CC4CC5C(C)(C)OC(C/C=C(/C)C(=O)OCCOCCO)(C4=O)C25O3)O1. The van der Waals surface area contributed by atoms with Gasteiger partial charge in [-0.1, -0.05) is 35.5 Å². The van der Waals surface area contributed by atoms with E-state index in [-0.39, 0.29) is 84.6 Å². The summed E-state index contributed by atoms with van der Waals surface area (Å²) in [6.07, 6.45) is 4.94. The number of Topliss-reactive ketones (excluding diaryl/α,β-unsaturated/α-hetero) is 2. The van der Waals surface area contributed by atoms with Crippen LogP contribution in [0.4, 0.5) is 0 Å². The molecule has 2 saturated heterocycles. The summed E-state index contributed by atoms with van der Waals surface area (Å²) in [4.78, 5) is 72.4. The Labute approximate surface area is 447 Å². The summed E-state index contributed by atoms with van der Waals surface area (Å²) >= 11 is 0. The zero-order chi connectivity index (χ0) is 55.9. The molecule has 7 aliphatic rings. The average Bonchev–Trinajstić information content (AvgIpc) is 3.01. The number of carbonyl (C=O) groups excluding carboxylic acids is 5. The van der Waals surface area contributed by atoms with Gasteiger partial charge in [0.05, 0.1) is 37.6 Å². The minimum absolute atomic E-state index is 0.0441. The van der Waals surface area contributed by atoms with E-state index in [0.717, 1.165) is 11.1 Å². The minimum Gasteiger partial charge on any atom is -0.482 e. The van der Waals surface area contributed by atoms with Crippen molar-refractivity contribution in [1.29, 1.82) is 0 Å². The van der Waals surface area contributed by atoms with Crippen LogP contribution in [-0.4, -0.2) is 147 Å². The molecular formula is C58H71NO18. The molecule has 9 rings (SSSR count). The van der Waals surface area contributed by atoms with Gasteiger partial charge in [0.2, 0.25) is 6.29 Å². The van der Waals surface area contributed by atoms with Gasteiger partial charge in [0.15, 0.2) is 28.5 Å². The highest BCUT2D eigenvalue weighted by atomic mass is 16.7. The molecule has 4 heterocycles. The average molecular weight is 1070 g/mol. The molecule has 1 amide bonds. The highest BCUT2D eigenvalue weighted by Gasteiger charge is 2.81. The fraction of sp³-hybridized carbons (Fsp3) is 0.534. The van der Waals surface area contributed by atoms with E-state index in [1.165, 1.54) is 31.2 Å². The van der Waals surface area contributed by atoms with Crippen LogP contribution in [0.25, 0.3) is 6.08 Å². The van der Waals surface area contributed by atoms with Crippen molar-refractivity contribution in [2.24, 2.45) is 11.8 Å². The van der Waals surface area contributed by atoms with E-state index >= 15 is 9.59 Å². The maximum atomic E-state index is 15.9. The van der Waals surface area contributed by atoms with Gasteiger partial charge in [-0.15, -0.1) is 0 Å². The molecule has 4 aliphatic heterocycles. The molecule has 11 atom stereocenters. The summed E-state index contributed by atoms with van der Waals surface area (Å²) in [7, 11) is 0. The number of nitrogens with one attached hydrogen (secondary N) is 1. The number of fused-ring (bicyclic) bond motifs is 2. The Kier molecular flexibility index (Phi) is 16.6. The van der Waals surface area contributed by atoms with Gasteiger partial charge in [0, 0.05) is 40.5 Å². The largest absolute Gasteiger partial charge is 0.482 e. The first-order valence-corrected chi connectivity index (χ1v) is 26.1. The van der Waals surface area contributed by atoms with E-state index in [2.05, 4.69) is 11.4 Å². The fourth-order valence-corrected chi connectivity index (χ4v) is 11.2. The first kappa shape index (κ1) is 57.2. The Hall–Kier alpha value is -6.03. The van der Waals surface area contributed by atoms with Crippen LogP contribution in [0.3, 0.4) is 0 Å². The molecule has 77 heavy (non-hydrogen) atoms. The van der Waals surface area contributed by atoms with Crippen molar-refractivity contribution in [2.75, 3.05) is 33.0 Å². The van der Waals surface area contributed by atoms with Crippen LogP contribution < -0.4 is 24.3 Å². The maximum absolute atomic E-state index is 15.9. The van der Waals surface area contributed by atoms with Gasteiger partial charge in [-0.25, -0.2) is 9.59 Å². The van der Waals surface area contributed by atoms with Gasteiger partial charge >= 0.3 is 11.9 Å². The summed E-state index contributed by atoms with van der Waals surface area (Å²) in [6, 6.07) is 4.23. The minimum atomic E-state index is -1.81. The molecule has 3 fully saturated rings. The number of aliphatic hydroxyl groups excluding tert-OH is 5. The van der Waals surface area contributed by atoms with Crippen LogP contribution in [0.2, 0.25) is 0 Å². The van der Waals surface area contributed by atoms with E-state index in [0.29, 0.717) is 36.1 Å². The standard InChI is InChI=1S/C58H71NO18/c1-30(2)11-10-20-56(9)21-19-38-47(75-56)37(17-12-31(3)4)49-42(48(38)74-53(69)33(6)59-51(67)34-13-15-36(16-14-34)72-54-46(65)45(64)44(63)40(29-61)73-54)43(62)39-27-35-28-41-55(7,8)77-57(50(35)66,58(39,41)76-49)22-18-32(5)52(68)71-26-25-70-24-23-60/h11-16,18-19,21,27,33,35,40-41,44-46,54,60-61,63-65H,10,17,20,22-26,28-29H2,1-9H3,(H,59,67)/b32-18-/t33?,35?,40-,41?,44-,45-,46-,54-,56?,57?,58?/m1/s1. The Morgan fingerprint density at radius 1 is 0.883 bits per heavy atom. The second-order valence-corrected chi connectivity index (χ2v) is 21.9.